The Hall–Kier alpha value is -2.24. The molecule has 0 aliphatic heterocycles. The maximum atomic E-state index is 11.5. The molecule has 6 nitrogen and oxygen atoms in total. The Morgan fingerprint density at radius 2 is 2.05 bits per heavy atom. The zero-order valence-electron chi connectivity index (χ0n) is 11.6. The molecule has 110 valence electrons. The number of ether oxygens (including phenoxy) is 2. The SMILES string of the molecule is CCOc1cc(OC)ccc1CNC(=O)CCC(=O)O. The third kappa shape index (κ3) is 5.17. The molecular weight excluding hydrogens is 262 g/mol. The van der Waals surface area contributed by atoms with Crippen molar-refractivity contribution in [3.8, 4) is 11.5 Å². The molecule has 0 spiro atoms. The molecule has 0 unspecified atom stereocenters. The molecule has 0 atom stereocenters. The van der Waals surface area contributed by atoms with E-state index in [4.69, 9.17) is 14.6 Å². The lowest BCUT2D eigenvalue weighted by molar-refractivity contribution is -0.138. The Balaban J connectivity index is 2.62. The first-order chi connectivity index (χ1) is 9.56. The van der Waals surface area contributed by atoms with Crippen LogP contribution in [0.25, 0.3) is 0 Å². The molecule has 0 aliphatic carbocycles. The number of benzene rings is 1. The van der Waals surface area contributed by atoms with Crippen LogP contribution >= 0.6 is 0 Å². The van der Waals surface area contributed by atoms with E-state index in [0.717, 1.165) is 5.56 Å². The lowest BCUT2D eigenvalue weighted by atomic mass is 10.2. The van der Waals surface area contributed by atoms with Crippen molar-refractivity contribution in [3.05, 3.63) is 23.8 Å². The first kappa shape index (κ1) is 15.8. The molecule has 20 heavy (non-hydrogen) atoms. The standard InChI is InChI=1S/C14H19NO5/c1-3-20-12-8-11(19-2)5-4-10(12)9-15-13(16)6-7-14(17)18/h4-5,8H,3,6-7,9H2,1-2H3,(H,15,16)(H,17,18). The van der Waals surface area contributed by atoms with Crippen LogP contribution in [0.5, 0.6) is 11.5 Å². The van der Waals surface area contributed by atoms with Crippen molar-refractivity contribution < 1.29 is 24.2 Å². The van der Waals surface area contributed by atoms with Gasteiger partial charge >= 0.3 is 5.97 Å². The number of carboxylic acid groups (broad SMARTS) is 1. The predicted molar refractivity (Wildman–Crippen MR) is 72.9 cm³/mol. The van der Waals surface area contributed by atoms with E-state index in [9.17, 15) is 9.59 Å². The zero-order valence-corrected chi connectivity index (χ0v) is 11.6. The van der Waals surface area contributed by atoms with Gasteiger partial charge in [-0.1, -0.05) is 0 Å². The van der Waals surface area contributed by atoms with Crippen LogP contribution in [0.3, 0.4) is 0 Å². The number of hydrogen-bond donors (Lipinski definition) is 2. The van der Waals surface area contributed by atoms with Crippen LogP contribution in [0, 0.1) is 0 Å². The average Bonchev–Trinajstić information content (AvgIpc) is 2.43. The number of hydrogen-bond acceptors (Lipinski definition) is 4. The Kier molecular flexibility index (Phi) is 6.36. The molecule has 1 aromatic rings. The summed E-state index contributed by atoms with van der Waals surface area (Å²) in [6.45, 7) is 2.67. The largest absolute Gasteiger partial charge is 0.497 e. The molecule has 0 fully saturated rings. The smallest absolute Gasteiger partial charge is 0.303 e. The van der Waals surface area contributed by atoms with Crippen LogP contribution in [0.1, 0.15) is 25.3 Å². The lowest BCUT2D eigenvalue weighted by Crippen LogP contribution is -2.23. The molecule has 0 heterocycles. The van der Waals surface area contributed by atoms with Crippen molar-refractivity contribution in [1.29, 1.82) is 0 Å². The maximum Gasteiger partial charge on any atom is 0.303 e. The fourth-order valence-corrected chi connectivity index (χ4v) is 1.60. The Morgan fingerprint density at radius 1 is 1.30 bits per heavy atom. The fourth-order valence-electron chi connectivity index (χ4n) is 1.60. The quantitative estimate of drug-likeness (QED) is 0.755. The van der Waals surface area contributed by atoms with E-state index in [1.807, 2.05) is 6.92 Å². The van der Waals surface area contributed by atoms with Gasteiger partial charge in [0.05, 0.1) is 20.1 Å². The van der Waals surface area contributed by atoms with Crippen molar-refractivity contribution in [2.75, 3.05) is 13.7 Å². The molecular formula is C14H19NO5. The number of carbonyl (C=O) groups excluding carboxylic acids is 1. The molecule has 6 heteroatoms. The highest BCUT2D eigenvalue weighted by Crippen LogP contribution is 2.24. The molecule has 1 amide bonds. The summed E-state index contributed by atoms with van der Waals surface area (Å²) >= 11 is 0. The number of methoxy groups -OCH3 is 1. The van der Waals surface area contributed by atoms with Crippen LogP contribution < -0.4 is 14.8 Å². The molecule has 1 rings (SSSR count). The number of carbonyl (C=O) groups is 2. The summed E-state index contributed by atoms with van der Waals surface area (Å²) in [6, 6.07) is 5.34. The molecule has 0 radical (unpaired) electrons. The maximum absolute atomic E-state index is 11.5. The summed E-state index contributed by atoms with van der Waals surface area (Å²) in [7, 11) is 1.57. The van der Waals surface area contributed by atoms with E-state index in [1.54, 1.807) is 25.3 Å². The highest BCUT2D eigenvalue weighted by Gasteiger charge is 2.09. The van der Waals surface area contributed by atoms with E-state index in [0.29, 0.717) is 18.1 Å². The molecule has 0 bridgehead atoms. The normalized spacial score (nSPS) is 9.90. The Bertz CT molecular complexity index is 473. The van der Waals surface area contributed by atoms with E-state index in [2.05, 4.69) is 5.32 Å². The van der Waals surface area contributed by atoms with Crippen LogP contribution in [-0.2, 0) is 16.1 Å². The van der Waals surface area contributed by atoms with Crippen molar-refractivity contribution in [3.63, 3.8) is 0 Å². The highest BCUT2D eigenvalue weighted by atomic mass is 16.5. The van der Waals surface area contributed by atoms with Gasteiger partial charge in [0.15, 0.2) is 0 Å². The van der Waals surface area contributed by atoms with Gasteiger partial charge in [-0.25, -0.2) is 0 Å². The predicted octanol–water partition coefficient (Wildman–Crippen LogP) is 1.57. The van der Waals surface area contributed by atoms with Gasteiger partial charge in [0.25, 0.3) is 0 Å². The molecule has 0 saturated heterocycles. The van der Waals surface area contributed by atoms with Crippen molar-refractivity contribution in [2.24, 2.45) is 0 Å². The van der Waals surface area contributed by atoms with Crippen LogP contribution in [0.15, 0.2) is 18.2 Å². The minimum atomic E-state index is -0.986. The molecule has 2 N–H and O–H groups in total. The van der Waals surface area contributed by atoms with Crippen LogP contribution in [0.2, 0.25) is 0 Å². The summed E-state index contributed by atoms with van der Waals surface area (Å²) in [4.78, 5) is 21.8. The lowest BCUT2D eigenvalue weighted by Gasteiger charge is -2.12. The third-order valence-electron chi connectivity index (χ3n) is 2.62. The van der Waals surface area contributed by atoms with Crippen LogP contribution in [-0.4, -0.2) is 30.7 Å². The van der Waals surface area contributed by atoms with Crippen molar-refractivity contribution >= 4 is 11.9 Å². The van der Waals surface area contributed by atoms with Gasteiger partial charge in [-0.3, -0.25) is 9.59 Å². The van der Waals surface area contributed by atoms with Gasteiger partial charge in [0, 0.05) is 24.6 Å². The zero-order chi connectivity index (χ0) is 15.0. The molecule has 1 aromatic carbocycles. The first-order valence-corrected chi connectivity index (χ1v) is 6.35. The molecule has 0 aromatic heterocycles. The van der Waals surface area contributed by atoms with Gasteiger partial charge in [-0.15, -0.1) is 0 Å². The van der Waals surface area contributed by atoms with Gasteiger partial charge in [-0.2, -0.15) is 0 Å². The van der Waals surface area contributed by atoms with Crippen molar-refractivity contribution in [1.82, 2.24) is 5.32 Å². The van der Waals surface area contributed by atoms with E-state index in [1.165, 1.54) is 0 Å². The summed E-state index contributed by atoms with van der Waals surface area (Å²) in [6.07, 6.45) is -0.206. The van der Waals surface area contributed by atoms with Gasteiger partial charge in [0.2, 0.25) is 5.91 Å². The van der Waals surface area contributed by atoms with Crippen molar-refractivity contribution in [2.45, 2.75) is 26.3 Å². The van der Waals surface area contributed by atoms with Gasteiger partial charge in [-0.05, 0) is 19.1 Å². The number of aliphatic carboxylic acids is 1. The topological polar surface area (TPSA) is 84.9 Å². The van der Waals surface area contributed by atoms with Gasteiger partial charge in [0.1, 0.15) is 11.5 Å². The summed E-state index contributed by atoms with van der Waals surface area (Å²) in [5.74, 6) is 0.0325. The second-order valence-electron chi connectivity index (χ2n) is 4.08. The number of carboxylic acids is 1. The number of rotatable bonds is 8. The molecule has 0 aliphatic rings. The summed E-state index contributed by atoms with van der Waals surface area (Å²) in [5, 5.41) is 11.2. The third-order valence-corrected chi connectivity index (χ3v) is 2.62. The second-order valence-corrected chi connectivity index (χ2v) is 4.08. The summed E-state index contributed by atoms with van der Waals surface area (Å²) < 4.78 is 10.6. The van der Waals surface area contributed by atoms with E-state index < -0.39 is 5.97 Å². The minimum absolute atomic E-state index is 0.0323. The number of amides is 1. The fraction of sp³-hybridized carbons (Fsp3) is 0.429. The monoisotopic (exact) mass is 281 g/mol. The number of nitrogens with one attached hydrogen (secondary N) is 1. The average molecular weight is 281 g/mol. The summed E-state index contributed by atoms with van der Waals surface area (Å²) in [5.41, 5.74) is 0.816. The van der Waals surface area contributed by atoms with E-state index in [-0.39, 0.29) is 25.3 Å². The molecule has 0 saturated carbocycles. The minimum Gasteiger partial charge on any atom is -0.497 e. The Labute approximate surface area is 117 Å². The van der Waals surface area contributed by atoms with E-state index >= 15 is 0 Å². The van der Waals surface area contributed by atoms with Crippen LogP contribution in [0.4, 0.5) is 0 Å². The van der Waals surface area contributed by atoms with Gasteiger partial charge < -0.3 is 19.9 Å². The Morgan fingerprint density at radius 3 is 2.65 bits per heavy atom. The second kappa shape index (κ2) is 8.04. The highest BCUT2D eigenvalue weighted by molar-refractivity contribution is 5.80. The first-order valence-electron chi connectivity index (χ1n) is 6.35.